The van der Waals surface area contributed by atoms with Gasteiger partial charge in [-0.15, -0.1) is 0 Å². The molecule has 0 bridgehead atoms. The summed E-state index contributed by atoms with van der Waals surface area (Å²) >= 11 is 0. The van der Waals surface area contributed by atoms with Crippen LogP contribution >= 0.6 is 0 Å². The van der Waals surface area contributed by atoms with E-state index in [0.717, 1.165) is 12.8 Å². The SMILES string of the molecule is CCCCCCCCCOc1ccc(C(=O)CN)c(F)c1. The van der Waals surface area contributed by atoms with Gasteiger partial charge in [0.1, 0.15) is 11.6 Å². The number of carbonyl (C=O) groups excluding carboxylic acids is 1. The van der Waals surface area contributed by atoms with Crippen molar-refractivity contribution < 1.29 is 13.9 Å². The number of ketones is 1. The molecule has 2 N–H and O–H groups in total. The number of ether oxygens (including phenoxy) is 1. The predicted molar refractivity (Wildman–Crippen MR) is 83.3 cm³/mol. The lowest BCUT2D eigenvalue weighted by molar-refractivity contribution is 0.0997. The van der Waals surface area contributed by atoms with Crippen LogP contribution in [0.1, 0.15) is 62.2 Å². The number of hydrogen-bond donors (Lipinski definition) is 1. The molecule has 0 aromatic heterocycles. The van der Waals surface area contributed by atoms with Crippen molar-refractivity contribution in [3.05, 3.63) is 29.6 Å². The van der Waals surface area contributed by atoms with Crippen molar-refractivity contribution in [2.75, 3.05) is 13.2 Å². The van der Waals surface area contributed by atoms with Crippen molar-refractivity contribution in [2.45, 2.75) is 51.9 Å². The third-order valence-corrected chi connectivity index (χ3v) is 3.44. The molecular formula is C17H26FNO2. The van der Waals surface area contributed by atoms with Gasteiger partial charge in [0.2, 0.25) is 0 Å². The number of halogens is 1. The van der Waals surface area contributed by atoms with E-state index < -0.39 is 11.6 Å². The number of rotatable bonds is 11. The van der Waals surface area contributed by atoms with Crippen molar-refractivity contribution >= 4 is 5.78 Å². The van der Waals surface area contributed by atoms with Gasteiger partial charge in [-0.05, 0) is 18.6 Å². The van der Waals surface area contributed by atoms with Crippen LogP contribution in [-0.2, 0) is 0 Å². The Labute approximate surface area is 126 Å². The smallest absolute Gasteiger partial charge is 0.179 e. The van der Waals surface area contributed by atoms with E-state index in [9.17, 15) is 9.18 Å². The number of hydrogen-bond acceptors (Lipinski definition) is 3. The fourth-order valence-electron chi connectivity index (χ4n) is 2.17. The Morgan fingerprint density at radius 1 is 1.14 bits per heavy atom. The normalized spacial score (nSPS) is 10.6. The van der Waals surface area contributed by atoms with E-state index in [1.54, 1.807) is 6.07 Å². The number of nitrogens with two attached hydrogens (primary N) is 1. The summed E-state index contributed by atoms with van der Waals surface area (Å²) < 4.78 is 19.2. The van der Waals surface area contributed by atoms with Gasteiger partial charge in [0.25, 0.3) is 0 Å². The molecule has 0 aliphatic heterocycles. The highest BCUT2D eigenvalue weighted by molar-refractivity contribution is 5.97. The first kappa shape index (κ1) is 17.6. The predicted octanol–water partition coefficient (Wildman–Crippen LogP) is 4.10. The van der Waals surface area contributed by atoms with Gasteiger partial charge in [-0.1, -0.05) is 45.4 Å². The van der Waals surface area contributed by atoms with Crippen LogP contribution < -0.4 is 10.5 Å². The van der Waals surface area contributed by atoms with Crippen LogP contribution in [0, 0.1) is 5.82 Å². The van der Waals surface area contributed by atoms with Crippen molar-refractivity contribution in [3.63, 3.8) is 0 Å². The highest BCUT2D eigenvalue weighted by Gasteiger charge is 2.10. The van der Waals surface area contributed by atoms with Crippen LogP contribution in [0.5, 0.6) is 5.75 Å². The van der Waals surface area contributed by atoms with E-state index >= 15 is 0 Å². The summed E-state index contributed by atoms with van der Waals surface area (Å²) in [6.07, 6.45) is 8.48. The van der Waals surface area contributed by atoms with Gasteiger partial charge >= 0.3 is 0 Å². The molecule has 0 spiro atoms. The van der Waals surface area contributed by atoms with Gasteiger partial charge in [-0.2, -0.15) is 0 Å². The average Bonchev–Trinajstić information content (AvgIpc) is 2.49. The number of Topliss-reactive ketones (excluding diaryl/α,β-unsaturated/α-hetero) is 1. The molecule has 0 saturated carbocycles. The lowest BCUT2D eigenvalue weighted by Crippen LogP contribution is -2.15. The van der Waals surface area contributed by atoms with Crippen molar-refractivity contribution in [3.8, 4) is 5.75 Å². The third-order valence-electron chi connectivity index (χ3n) is 3.44. The molecule has 0 saturated heterocycles. The topological polar surface area (TPSA) is 52.3 Å². The molecule has 0 atom stereocenters. The molecule has 0 fully saturated rings. The van der Waals surface area contributed by atoms with E-state index in [-0.39, 0.29) is 12.1 Å². The van der Waals surface area contributed by atoms with E-state index in [2.05, 4.69) is 6.92 Å². The maximum Gasteiger partial charge on any atom is 0.179 e. The lowest BCUT2D eigenvalue weighted by atomic mass is 10.1. The first-order chi connectivity index (χ1) is 10.2. The highest BCUT2D eigenvalue weighted by atomic mass is 19.1. The fourth-order valence-corrected chi connectivity index (χ4v) is 2.17. The maximum absolute atomic E-state index is 13.7. The van der Waals surface area contributed by atoms with Crippen LogP contribution in [-0.4, -0.2) is 18.9 Å². The van der Waals surface area contributed by atoms with Gasteiger partial charge in [0.05, 0.1) is 18.7 Å². The van der Waals surface area contributed by atoms with E-state index in [1.807, 2.05) is 0 Å². The Kier molecular flexibility index (Phi) is 8.67. The van der Waals surface area contributed by atoms with Crippen molar-refractivity contribution in [1.82, 2.24) is 0 Å². The van der Waals surface area contributed by atoms with Gasteiger partial charge in [0.15, 0.2) is 5.78 Å². The Bertz CT molecular complexity index is 435. The van der Waals surface area contributed by atoms with Crippen LogP contribution in [0.2, 0.25) is 0 Å². The zero-order valence-corrected chi connectivity index (χ0v) is 12.9. The summed E-state index contributed by atoms with van der Waals surface area (Å²) in [7, 11) is 0. The minimum atomic E-state index is -0.567. The van der Waals surface area contributed by atoms with Crippen molar-refractivity contribution in [1.29, 1.82) is 0 Å². The van der Waals surface area contributed by atoms with E-state index in [0.29, 0.717) is 12.4 Å². The Morgan fingerprint density at radius 3 is 2.43 bits per heavy atom. The Hall–Kier alpha value is -1.42. The number of unbranched alkanes of at least 4 members (excludes halogenated alkanes) is 6. The van der Waals surface area contributed by atoms with Gasteiger partial charge in [-0.25, -0.2) is 4.39 Å². The standard InChI is InChI=1S/C17H26FNO2/c1-2-3-4-5-6-7-8-11-21-14-9-10-15(16(18)12-14)17(20)13-19/h9-10,12H,2-8,11,13,19H2,1H3. The largest absolute Gasteiger partial charge is 0.493 e. The highest BCUT2D eigenvalue weighted by Crippen LogP contribution is 2.17. The second-order valence-corrected chi connectivity index (χ2v) is 5.24. The molecule has 1 aromatic rings. The van der Waals surface area contributed by atoms with Crippen LogP contribution in [0.25, 0.3) is 0 Å². The van der Waals surface area contributed by atoms with Crippen molar-refractivity contribution in [2.24, 2.45) is 5.73 Å². The van der Waals surface area contributed by atoms with Crippen LogP contribution in [0.3, 0.4) is 0 Å². The second kappa shape index (κ2) is 10.3. The summed E-state index contributed by atoms with van der Waals surface area (Å²) in [6.45, 7) is 2.60. The minimum absolute atomic E-state index is 0.0285. The second-order valence-electron chi connectivity index (χ2n) is 5.24. The van der Waals surface area contributed by atoms with Gasteiger partial charge in [-0.3, -0.25) is 4.79 Å². The number of carbonyl (C=O) groups is 1. The average molecular weight is 295 g/mol. The zero-order valence-electron chi connectivity index (χ0n) is 12.9. The first-order valence-electron chi connectivity index (χ1n) is 7.84. The lowest BCUT2D eigenvalue weighted by Gasteiger charge is -2.08. The zero-order chi connectivity index (χ0) is 15.5. The molecule has 0 heterocycles. The molecule has 21 heavy (non-hydrogen) atoms. The number of benzene rings is 1. The van der Waals surface area contributed by atoms with Gasteiger partial charge in [0, 0.05) is 6.07 Å². The Morgan fingerprint density at radius 2 is 1.81 bits per heavy atom. The molecule has 0 aliphatic carbocycles. The molecule has 1 aromatic carbocycles. The van der Waals surface area contributed by atoms with Gasteiger partial charge < -0.3 is 10.5 Å². The molecule has 0 aliphatic rings. The molecule has 118 valence electrons. The summed E-state index contributed by atoms with van der Waals surface area (Å²) in [5.74, 6) is -0.499. The van der Waals surface area contributed by atoms with E-state index in [4.69, 9.17) is 10.5 Å². The quantitative estimate of drug-likeness (QED) is 0.494. The first-order valence-corrected chi connectivity index (χ1v) is 7.84. The van der Waals surface area contributed by atoms with Crippen LogP contribution in [0.15, 0.2) is 18.2 Å². The summed E-state index contributed by atoms with van der Waals surface area (Å²) in [6, 6.07) is 4.31. The summed E-state index contributed by atoms with van der Waals surface area (Å²) in [5.41, 5.74) is 5.25. The summed E-state index contributed by atoms with van der Waals surface area (Å²) in [5, 5.41) is 0. The molecule has 0 amide bonds. The minimum Gasteiger partial charge on any atom is -0.493 e. The maximum atomic E-state index is 13.7. The molecule has 1 rings (SSSR count). The Balaban J connectivity index is 2.24. The fraction of sp³-hybridized carbons (Fsp3) is 0.588. The summed E-state index contributed by atoms with van der Waals surface area (Å²) in [4.78, 5) is 11.3. The monoisotopic (exact) mass is 295 g/mol. The molecular weight excluding hydrogens is 269 g/mol. The third kappa shape index (κ3) is 6.71. The van der Waals surface area contributed by atoms with Crippen LogP contribution in [0.4, 0.5) is 4.39 Å². The van der Waals surface area contributed by atoms with E-state index in [1.165, 1.54) is 44.2 Å². The molecule has 0 radical (unpaired) electrons. The molecule has 3 nitrogen and oxygen atoms in total. The molecule has 0 unspecified atom stereocenters. The molecule has 4 heteroatoms.